The topological polar surface area (TPSA) is 69.4 Å². The largest absolute Gasteiger partial charge is 0.463 e. The lowest BCUT2D eigenvalue weighted by molar-refractivity contribution is -0.380. The zero-order valence-electron chi connectivity index (χ0n) is 9.42. The number of nitro groups is 1. The van der Waals surface area contributed by atoms with Crippen LogP contribution in [0, 0.1) is 10.1 Å². The summed E-state index contributed by atoms with van der Waals surface area (Å²) in [6.45, 7) is 2.42. The summed E-state index contributed by atoms with van der Waals surface area (Å²) in [6, 6.07) is 3.01. The quantitative estimate of drug-likeness (QED) is 0.257. The highest BCUT2D eigenvalue weighted by Gasteiger charge is 2.07. The predicted octanol–water partition coefficient (Wildman–Crippen LogP) is 3.01. The van der Waals surface area contributed by atoms with Crippen molar-refractivity contribution in [2.45, 2.75) is 19.8 Å². The number of hydrogen-bond acceptors (Lipinski definition) is 5. The highest BCUT2D eigenvalue weighted by molar-refractivity contribution is 7.16. The van der Waals surface area contributed by atoms with Crippen molar-refractivity contribution in [2.24, 2.45) is 0 Å². The van der Waals surface area contributed by atoms with Crippen molar-refractivity contribution in [3.8, 4) is 0 Å². The molecule has 0 aliphatic heterocycles. The summed E-state index contributed by atoms with van der Waals surface area (Å²) in [6.07, 6.45) is 4.61. The summed E-state index contributed by atoms with van der Waals surface area (Å²) in [7, 11) is 0. The second-order valence-electron chi connectivity index (χ2n) is 3.29. The summed E-state index contributed by atoms with van der Waals surface area (Å²) in [4.78, 5) is 21.8. The van der Waals surface area contributed by atoms with Crippen LogP contribution < -0.4 is 0 Å². The Morgan fingerprint density at radius 3 is 2.94 bits per heavy atom. The molecule has 0 bridgehead atoms. The van der Waals surface area contributed by atoms with Crippen molar-refractivity contribution in [3.63, 3.8) is 0 Å². The Balaban J connectivity index is 2.46. The smallest absolute Gasteiger partial charge is 0.330 e. The Labute approximate surface area is 103 Å². The Hall–Kier alpha value is -1.69. The molecule has 0 aliphatic carbocycles. The van der Waals surface area contributed by atoms with Gasteiger partial charge in [-0.2, -0.15) is 0 Å². The third-order valence-electron chi connectivity index (χ3n) is 1.92. The first-order valence-corrected chi connectivity index (χ1v) is 6.04. The molecule has 1 aromatic heterocycles. The molecule has 6 heteroatoms. The fraction of sp³-hybridized carbons (Fsp3) is 0.364. The van der Waals surface area contributed by atoms with Gasteiger partial charge in [0.25, 0.3) is 0 Å². The van der Waals surface area contributed by atoms with E-state index >= 15 is 0 Å². The van der Waals surface area contributed by atoms with Crippen LogP contribution in [0.5, 0.6) is 0 Å². The number of rotatable bonds is 6. The van der Waals surface area contributed by atoms with Gasteiger partial charge in [-0.3, -0.25) is 10.1 Å². The maximum atomic E-state index is 11.2. The number of hydrogen-bond donors (Lipinski definition) is 0. The number of carbonyl (C=O) groups is 1. The third kappa shape index (κ3) is 4.78. The highest BCUT2D eigenvalue weighted by atomic mass is 32.1. The van der Waals surface area contributed by atoms with Crippen LogP contribution in [0.2, 0.25) is 0 Å². The van der Waals surface area contributed by atoms with E-state index in [0.29, 0.717) is 11.5 Å². The normalized spacial score (nSPS) is 10.6. The first kappa shape index (κ1) is 13.4. The monoisotopic (exact) mass is 255 g/mol. The molecule has 0 aliphatic rings. The maximum Gasteiger partial charge on any atom is 0.330 e. The van der Waals surface area contributed by atoms with Gasteiger partial charge in [-0.1, -0.05) is 24.7 Å². The third-order valence-corrected chi connectivity index (χ3v) is 2.92. The minimum Gasteiger partial charge on any atom is -0.463 e. The molecule has 1 aromatic rings. The summed E-state index contributed by atoms with van der Waals surface area (Å²) >= 11 is 1.02. The van der Waals surface area contributed by atoms with Gasteiger partial charge in [-0.25, -0.2) is 4.79 Å². The van der Waals surface area contributed by atoms with Crippen LogP contribution in [0.4, 0.5) is 5.00 Å². The lowest BCUT2D eigenvalue weighted by Gasteiger charge is -1.98. The molecule has 1 rings (SSSR count). The fourth-order valence-corrected chi connectivity index (χ4v) is 1.77. The van der Waals surface area contributed by atoms with Crippen molar-refractivity contribution < 1.29 is 14.5 Å². The van der Waals surface area contributed by atoms with E-state index in [9.17, 15) is 14.9 Å². The molecule has 0 aromatic carbocycles. The zero-order valence-corrected chi connectivity index (χ0v) is 10.2. The van der Waals surface area contributed by atoms with Crippen molar-refractivity contribution >= 4 is 28.4 Å². The second kappa shape index (κ2) is 6.80. The molecule has 0 unspecified atom stereocenters. The molecule has 0 N–H and O–H groups in total. The molecular formula is C11H13NO4S. The van der Waals surface area contributed by atoms with E-state index in [1.54, 1.807) is 6.07 Å². The van der Waals surface area contributed by atoms with Gasteiger partial charge in [0.15, 0.2) is 0 Å². The summed E-state index contributed by atoms with van der Waals surface area (Å²) in [5, 5.41) is 10.5. The maximum absolute atomic E-state index is 11.2. The Kier molecular flexibility index (Phi) is 5.35. The van der Waals surface area contributed by atoms with Crippen molar-refractivity contribution in [1.29, 1.82) is 0 Å². The van der Waals surface area contributed by atoms with E-state index in [-0.39, 0.29) is 5.00 Å². The highest BCUT2D eigenvalue weighted by Crippen LogP contribution is 2.24. The molecule has 17 heavy (non-hydrogen) atoms. The Bertz CT molecular complexity index is 425. The van der Waals surface area contributed by atoms with Gasteiger partial charge in [0.2, 0.25) is 0 Å². The molecule has 0 atom stereocenters. The van der Waals surface area contributed by atoms with E-state index in [0.717, 1.165) is 24.2 Å². The molecule has 0 saturated heterocycles. The van der Waals surface area contributed by atoms with Crippen LogP contribution in [0.1, 0.15) is 24.6 Å². The Morgan fingerprint density at radius 2 is 2.35 bits per heavy atom. The van der Waals surface area contributed by atoms with Crippen molar-refractivity contribution in [2.75, 3.05) is 6.61 Å². The van der Waals surface area contributed by atoms with Gasteiger partial charge in [-0.15, -0.1) is 0 Å². The van der Waals surface area contributed by atoms with Crippen LogP contribution in [-0.4, -0.2) is 17.5 Å². The molecule has 5 nitrogen and oxygen atoms in total. The van der Waals surface area contributed by atoms with Gasteiger partial charge in [-0.05, 0) is 18.6 Å². The summed E-state index contributed by atoms with van der Waals surface area (Å²) in [5.41, 5.74) is 0. The van der Waals surface area contributed by atoms with Crippen molar-refractivity contribution in [1.82, 2.24) is 0 Å². The van der Waals surface area contributed by atoms with Crippen LogP contribution in [0.3, 0.4) is 0 Å². The number of carbonyl (C=O) groups excluding carboxylic acids is 1. The molecule has 0 spiro atoms. The molecule has 0 amide bonds. The zero-order chi connectivity index (χ0) is 12.7. The lowest BCUT2D eigenvalue weighted by Crippen LogP contribution is -2.01. The standard InChI is InChI=1S/C11H13NO4S/c1-2-3-8-16-11(13)7-5-9-4-6-10(17-9)12(14)15/h4-7H,2-3,8H2,1H3. The first-order valence-electron chi connectivity index (χ1n) is 5.22. The first-order chi connectivity index (χ1) is 8.13. The molecule has 0 fully saturated rings. The lowest BCUT2D eigenvalue weighted by atomic mass is 10.4. The number of nitrogens with zero attached hydrogens (tertiary/aromatic N) is 1. The van der Waals surface area contributed by atoms with Gasteiger partial charge in [0.1, 0.15) is 0 Å². The number of thiophene rings is 1. The minimum atomic E-state index is -0.457. The molecule has 92 valence electrons. The predicted molar refractivity (Wildman–Crippen MR) is 65.9 cm³/mol. The molecule has 0 radical (unpaired) electrons. The summed E-state index contributed by atoms with van der Waals surface area (Å²) < 4.78 is 4.90. The average molecular weight is 255 g/mol. The molecule has 0 saturated carbocycles. The van der Waals surface area contributed by atoms with Crippen LogP contribution >= 0.6 is 11.3 Å². The fourth-order valence-electron chi connectivity index (χ4n) is 1.05. The van der Waals surface area contributed by atoms with E-state index in [1.165, 1.54) is 18.2 Å². The van der Waals surface area contributed by atoms with Gasteiger partial charge in [0.05, 0.1) is 11.5 Å². The van der Waals surface area contributed by atoms with Gasteiger partial charge in [0, 0.05) is 17.0 Å². The molecule has 1 heterocycles. The van der Waals surface area contributed by atoms with Crippen LogP contribution in [0.15, 0.2) is 18.2 Å². The van der Waals surface area contributed by atoms with Crippen LogP contribution in [0.25, 0.3) is 6.08 Å². The van der Waals surface area contributed by atoms with Gasteiger partial charge < -0.3 is 4.74 Å². The number of ether oxygens (including phenoxy) is 1. The van der Waals surface area contributed by atoms with E-state index in [2.05, 4.69) is 0 Å². The summed E-state index contributed by atoms with van der Waals surface area (Å²) in [5.74, 6) is -0.422. The van der Waals surface area contributed by atoms with E-state index < -0.39 is 10.9 Å². The SMILES string of the molecule is CCCCOC(=O)C=Cc1ccc([N+](=O)[O-])s1. The van der Waals surface area contributed by atoms with E-state index in [1.807, 2.05) is 6.92 Å². The van der Waals surface area contributed by atoms with Gasteiger partial charge >= 0.3 is 11.0 Å². The Morgan fingerprint density at radius 1 is 1.59 bits per heavy atom. The second-order valence-corrected chi connectivity index (χ2v) is 4.38. The average Bonchev–Trinajstić information content (AvgIpc) is 2.75. The number of esters is 1. The number of unbranched alkanes of at least 4 members (excludes halogenated alkanes) is 1. The van der Waals surface area contributed by atoms with Crippen molar-refractivity contribution in [3.05, 3.63) is 33.2 Å². The van der Waals surface area contributed by atoms with E-state index in [4.69, 9.17) is 4.74 Å². The van der Waals surface area contributed by atoms with Crippen LogP contribution in [-0.2, 0) is 9.53 Å². The molecular weight excluding hydrogens is 242 g/mol. The minimum absolute atomic E-state index is 0.0593.